The molecule has 1 N–H and O–H groups in total. The summed E-state index contributed by atoms with van der Waals surface area (Å²) in [5.74, 6) is -0.702. The van der Waals surface area contributed by atoms with Crippen molar-refractivity contribution in [2.45, 2.75) is 38.5 Å². The van der Waals surface area contributed by atoms with Gasteiger partial charge in [-0.3, -0.25) is 14.9 Å². The molecule has 0 unspecified atom stereocenters. The molecule has 1 aromatic rings. The molecule has 0 aliphatic heterocycles. The molecule has 2 rings (SSSR count). The minimum Gasteiger partial charge on any atom is -0.481 e. The monoisotopic (exact) mass is 263 g/mol. The number of carbonyl (C=O) groups is 1. The van der Waals surface area contributed by atoms with Gasteiger partial charge < -0.3 is 5.11 Å². The summed E-state index contributed by atoms with van der Waals surface area (Å²) >= 11 is 0. The fraction of sp³-hybridized carbons (Fsp3) is 0.500. The maximum Gasteiger partial charge on any atom is 0.309 e. The average molecular weight is 263 g/mol. The number of nitro benzene ring substituents is 1. The Morgan fingerprint density at radius 2 is 1.84 bits per heavy atom. The van der Waals surface area contributed by atoms with Gasteiger partial charge in [-0.1, -0.05) is 25.0 Å². The van der Waals surface area contributed by atoms with Gasteiger partial charge in [-0.25, -0.2) is 0 Å². The Kier molecular flexibility index (Phi) is 3.83. The van der Waals surface area contributed by atoms with Crippen LogP contribution >= 0.6 is 0 Å². The van der Waals surface area contributed by atoms with Gasteiger partial charge in [-0.15, -0.1) is 0 Å². The molecule has 1 saturated carbocycles. The first-order valence-corrected chi connectivity index (χ1v) is 6.50. The molecule has 1 aliphatic rings. The van der Waals surface area contributed by atoms with Gasteiger partial charge in [0.05, 0.1) is 10.3 Å². The number of hydrogen-bond acceptors (Lipinski definition) is 3. The highest BCUT2D eigenvalue weighted by Gasteiger charge is 2.40. The molecule has 5 nitrogen and oxygen atoms in total. The zero-order valence-corrected chi connectivity index (χ0v) is 10.7. The third-order valence-corrected chi connectivity index (χ3v) is 4.05. The molecular weight excluding hydrogens is 246 g/mol. The molecule has 0 saturated heterocycles. The standard InChI is InChI=1S/C14H17NO4/c16-13(17)14(8-1-2-9-14)10-7-11-3-5-12(6-4-11)15(18)19/h3-6H,1-2,7-10H2,(H,16,17). The fourth-order valence-corrected chi connectivity index (χ4v) is 2.79. The van der Waals surface area contributed by atoms with Crippen LogP contribution in [0.4, 0.5) is 5.69 Å². The second-order valence-corrected chi connectivity index (χ2v) is 5.22. The van der Waals surface area contributed by atoms with Crippen molar-refractivity contribution in [3.8, 4) is 0 Å². The number of nitro groups is 1. The second-order valence-electron chi connectivity index (χ2n) is 5.22. The molecule has 0 heterocycles. The maximum atomic E-state index is 11.4. The van der Waals surface area contributed by atoms with Gasteiger partial charge in [-0.05, 0) is 31.2 Å². The molecule has 102 valence electrons. The Bertz CT molecular complexity index is 475. The minimum atomic E-state index is -0.702. The normalized spacial score (nSPS) is 17.3. The van der Waals surface area contributed by atoms with E-state index in [9.17, 15) is 20.0 Å². The molecule has 5 heteroatoms. The largest absolute Gasteiger partial charge is 0.481 e. The van der Waals surface area contributed by atoms with E-state index in [0.717, 1.165) is 31.2 Å². The summed E-state index contributed by atoms with van der Waals surface area (Å²) in [5, 5.41) is 19.9. The van der Waals surface area contributed by atoms with Crippen LogP contribution in [0.1, 0.15) is 37.7 Å². The number of aliphatic carboxylic acids is 1. The van der Waals surface area contributed by atoms with Gasteiger partial charge >= 0.3 is 5.97 Å². The highest BCUT2D eigenvalue weighted by atomic mass is 16.6. The third-order valence-electron chi connectivity index (χ3n) is 4.05. The van der Waals surface area contributed by atoms with Gasteiger partial charge in [0.2, 0.25) is 0 Å². The molecule has 0 bridgehead atoms. The number of rotatable bonds is 5. The minimum absolute atomic E-state index is 0.0672. The Morgan fingerprint density at radius 3 is 2.32 bits per heavy atom. The number of non-ortho nitro benzene ring substituents is 1. The van der Waals surface area contributed by atoms with Crippen LogP contribution in [-0.2, 0) is 11.2 Å². The van der Waals surface area contributed by atoms with E-state index in [1.165, 1.54) is 12.1 Å². The van der Waals surface area contributed by atoms with Crippen molar-refractivity contribution in [3.05, 3.63) is 39.9 Å². The molecular formula is C14H17NO4. The first kappa shape index (κ1) is 13.5. The molecule has 19 heavy (non-hydrogen) atoms. The Morgan fingerprint density at radius 1 is 1.26 bits per heavy atom. The van der Waals surface area contributed by atoms with Crippen molar-refractivity contribution in [3.63, 3.8) is 0 Å². The number of aryl methyl sites for hydroxylation is 1. The van der Waals surface area contributed by atoms with Gasteiger partial charge in [0.1, 0.15) is 0 Å². The number of carboxylic acid groups (broad SMARTS) is 1. The number of hydrogen-bond donors (Lipinski definition) is 1. The summed E-state index contributed by atoms with van der Waals surface area (Å²) in [6.07, 6.45) is 4.72. The number of carboxylic acids is 1. The summed E-state index contributed by atoms with van der Waals surface area (Å²) in [6.45, 7) is 0. The van der Waals surface area contributed by atoms with Crippen LogP contribution in [0.15, 0.2) is 24.3 Å². The first-order valence-electron chi connectivity index (χ1n) is 6.50. The zero-order valence-electron chi connectivity index (χ0n) is 10.7. The summed E-state index contributed by atoms with van der Waals surface area (Å²) < 4.78 is 0. The Hall–Kier alpha value is -1.91. The van der Waals surface area contributed by atoms with Crippen molar-refractivity contribution >= 4 is 11.7 Å². The molecule has 1 fully saturated rings. The van der Waals surface area contributed by atoms with E-state index >= 15 is 0 Å². The lowest BCUT2D eigenvalue weighted by Gasteiger charge is -2.23. The van der Waals surface area contributed by atoms with Crippen LogP contribution in [0, 0.1) is 15.5 Å². The lowest BCUT2D eigenvalue weighted by Crippen LogP contribution is -2.28. The topological polar surface area (TPSA) is 80.4 Å². The van der Waals surface area contributed by atoms with E-state index < -0.39 is 16.3 Å². The Labute approximate surface area is 111 Å². The molecule has 0 atom stereocenters. The third kappa shape index (κ3) is 2.92. The van der Waals surface area contributed by atoms with Gasteiger partial charge in [-0.2, -0.15) is 0 Å². The summed E-state index contributed by atoms with van der Waals surface area (Å²) in [4.78, 5) is 21.5. The highest BCUT2D eigenvalue weighted by Crippen LogP contribution is 2.42. The van der Waals surface area contributed by atoms with Crippen LogP contribution in [0.2, 0.25) is 0 Å². The lowest BCUT2D eigenvalue weighted by molar-refractivity contribution is -0.384. The van der Waals surface area contributed by atoms with Crippen LogP contribution in [0.5, 0.6) is 0 Å². The predicted octanol–water partition coefficient (Wildman–Crippen LogP) is 3.17. The highest BCUT2D eigenvalue weighted by molar-refractivity contribution is 5.75. The lowest BCUT2D eigenvalue weighted by atomic mass is 9.80. The number of nitrogens with zero attached hydrogens (tertiary/aromatic N) is 1. The quantitative estimate of drug-likeness (QED) is 0.653. The molecule has 0 aromatic heterocycles. The van der Waals surface area contributed by atoms with Gasteiger partial charge in [0.15, 0.2) is 0 Å². The maximum absolute atomic E-state index is 11.4. The van der Waals surface area contributed by atoms with Crippen molar-refractivity contribution in [2.24, 2.45) is 5.41 Å². The molecule has 0 radical (unpaired) electrons. The molecule has 1 aromatic carbocycles. The summed E-state index contributed by atoms with van der Waals surface area (Å²) in [5.41, 5.74) is 0.442. The Balaban J connectivity index is 2.01. The van der Waals surface area contributed by atoms with Crippen LogP contribution in [-0.4, -0.2) is 16.0 Å². The van der Waals surface area contributed by atoms with Crippen molar-refractivity contribution in [1.82, 2.24) is 0 Å². The molecule has 1 aliphatic carbocycles. The average Bonchev–Trinajstić information content (AvgIpc) is 2.87. The van der Waals surface area contributed by atoms with E-state index in [0.29, 0.717) is 12.8 Å². The van der Waals surface area contributed by atoms with E-state index in [2.05, 4.69) is 0 Å². The second kappa shape index (κ2) is 5.38. The van der Waals surface area contributed by atoms with E-state index in [1.807, 2.05) is 0 Å². The van der Waals surface area contributed by atoms with Gasteiger partial charge in [0, 0.05) is 12.1 Å². The smallest absolute Gasteiger partial charge is 0.309 e. The van der Waals surface area contributed by atoms with E-state index in [-0.39, 0.29) is 5.69 Å². The predicted molar refractivity (Wildman–Crippen MR) is 70.0 cm³/mol. The van der Waals surface area contributed by atoms with E-state index in [1.54, 1.807) is 12.1 Å². The zero-order chi connectivity index (χ0) is 13.9. The summed E-state index contributed by atoms with van der Waals surface area (Å²) in [6, 6.07) is 6.36. The van der Waals surface area contributed by atoms with Crippen LogP contribution < -0.4 is 0 Å². The summed E-state index contributed by atoms with van der Waals surface area (Å²) in [7, 11) is 0. The fourth-order valence-electron chi connectivity index (χ4n) is 2.79. The van der Waals surface area contributed by atoms with E-state index in [4.69, 9.17) is 0 Å². The van der Waals surface area contributed by atoms with Crippen LogP contribution in [0.3, 0.4) is 0 Å². The molecule has 0 spiro atoms. The van der Waals surface area contributed by atoms with Crippen molar-refractivity contribution in [1.29, 1.82) is 0 Å². The number of benzene rings is 1. The first-order chi connectivity index (χ1) is 9.03. The van der Waals surface area contributed by atoms with Gasteiger partial charge in [0.25, 0.3) is 5.69 Å². The molecule has 0 amide bonds. The van der Waals surface area contributed by atoms with Crippen molar-refractivity contribution < 1.29 is 14.8 Å². The van der Waals surface area contributed by atoms with Crippen LogP contribution in [0.25, 0.3) is 0 Å². The SMILES string of the molecule is O=C(O)C1(CCc2ccc([N+](=O)[O-])cc2)CCCC1. The van der Waals surface area contributed by atoms with Crippen molar-refractivity contribution in [2.75, 3.05) is 0 Å².